The van der Waals surface area contributed by atoms with Gasteiger partial charge in [0.25, 0.3) is 0 Å². The van der Waals surface area contributed by atoms with Gasteiger partial charge in [0.1, 0.15) is 0 Å². The van der Waals surface area contributed by atoms with E-state index in [1.165, 1.54) is 18.1 Å². The van der Waals surface area contributed by atoms with Crippen molar-refractivity contribution in [3.05, 3.63) is 35.4 Å². The number of nitrogens with one attached hydrogen (secondary N) is 2. The largest absolute Gasteiger partial charge is 0.356 e. The van der Waals surface area contributed by atoms with Crippen LogP contribution in [-0.2, 0) is 16.0 Å². The Hall–Kier alpha value is -1.84. The van der Waals surface area contributed by atoms with Crippen molar-refractivity contribution in [3.63, 3.8) is 0 Å². The molecular weight excluding hydrogens is 240 g/mol. The van der Waals surface area contributed by atoms with Crippen molar-refractivity contribution in [2.24, 2.45) is 0 Å². The van der Waals surface area contributed by atoms with E-state index in [1.54, 1.807) is 0 Å². The van der Waals surface area contributed by atoms with Gasteiger partial charge in [-0.2, -0.15) is 0 Å². The van der Waals surface area contributed by atoms with Crippen LogP contribution in [0, 0.1) is 0 Å². The zero-order valence-corrected chi connectivity index (χ0v) is 11.2. The molecule has 4 heteroatoms. The molecule has 2 N–H and O–H groups in total. The fourth-order valence-electron chi connectivity index (χ4n) is 2.52. The van der Waals surface area contributed by atoms with Crippen molar-refractivity contribution >= 4 is 11.8 Å². The van der Waals surface area contributed by atoms with Crippen LogP contribution in [0.2, 0.25) is 0 Å². The maximum atomic E-state index is 11.8. The molecule has 2 amide bonds. The quantitative estimate of drug-likeness (QED) is 0.865. The summed E-state index contributed by atoms with van der Waals surface area (Å²) in [4.78, 5) is 22.6. The molecule has 0 bridgehead atoms. The van der Waals surface area contributed by atoms with Crippen molar-refractivity contribution in [2.75, 3.05) is 6.54 Å². The lowest BCUT2D eigenvalue weighted by Gasteiger charge is -2.26. The predicted octanol–water partition coefficient (Wildman–Crippen LogP) is 1.71. The van der Waals surface area contributed by atoms with Gasteiger partial charge in [-0.25, -0.2) is 0 Å². The molecular formula is C15H20N2O2. The topological polar surface area (TPSA) is 58.2 Å². The first kappa shape index (κ1) is 13.6. The molecule has 4 nitrogen and oxygen atoms in total. The summed E-state index contributed by atoms with van der Waals surface area (Å²) in [6, 6.07) is 8.40. The van der Waals surface area contributed by atoms with Gasteiger partial charge in [-0.05, 0) is 30.4 Å². The van der Waals surface area contributed by atoms with Crippen LogP contribution in [0.4, 0.5) is 0 Å². The normalized spacial score (nSPS) is 17.4. The zero-order chi connectivity index (χ0) is 13.7. The number of amides is 2. The van der Waals surface area contributed by atoms with E-state index in [2.05, 4.69) is 22.8 Å². The minimum absolute atomic E-state index is 0.00421. The van der Waals surface area contributed by atoms with Crippen LogP contribution < -0.4 is 10.6 Å². The molecule has 0 aliphatic heterocycles. The Labute approximate surface area is 113 Å². The Balaban J connectivity index is 1.90. The van der Waals surface area contributed by atoms with E-state index in [1.807, 2.05) is 12.1 Å². The van der Waals surface area contributed by atoms with Crippen LogP contribution in [0.15, 0.2) is 24.3 Å². The predicted molar refractivity (Wildman–Crippen MR) is 73.6 cm³/mol. The Morgan fingerprint density at radius 2 is 2.11 bits per heavy atom. The van der Waals surface area contributed by atoms with Crippen LogP contribution in [0.25, 0.3) is 0 Å². The van der Waals surface area contributed by atoms with Gasteiger partial charge in [-0.15, -0.1) is 0 Å². The zero-order valence-electron chi connectivity index (χ0n) is 11.2. The second kappa shape index (κ2) is 6.36. The molecule has 102 valence electrons. The van der Waals surface area contributed by atoms with Crippen molar-refractivity contribution < 1.29 is 9.59 Å². The number of aryl methyl sites for hydroxylation is 1. The van der Waals surface area contributed by atoms with Crippen LogP contribution in [0.3, 0.4) is 0 Å². The minimum atomic E-state index is -0.101. The standard InChI is InChI=1S/C15H20N2O2/c1-11(18)16-10-9-15(19)17-14-8-4-6-12-5-2-3-7-13(12)14/h2-3,5,7,14H,4,6,8-10H2,1H3,(H,16,18)(H,17,19). The van der Waals surface area contributed by atoms with Gasteiger partial charge in [-0.3, -0.25) is 9.59 Å². The summed E-state index contributed by atoms with van der Waals surface area (Å²) in [5, 5.41) is 5.69. The van der Waals surface area contributed by atoms with E-state index >= 15 is 0 Å². The number of carbonyl (C=O) groups is 2. The molecule has 1 aliphatic rings. The Kier molecular flexibility index (Phi) is 4.55. The number of hydrogen-bond acceptors (Lipinski definition) is 2. The Morgan fingerprint density at radius 1 is 1.32 bits per heavy atom. The highest BCUT2D eigenvalue weighted by Crippen LogP contribution is 2.29. The summed E-state index contributed by atoms with van der Waals surface area (Å²) in [5.41, 5.74) is 2.57. The lowest BCUT2D eigenvalue weighted by molar-refractivity contribution is -0.122. The minimum Gasteiger partial charge on any atom is -0.356 e. The van der Waals surface area contributed by atoms with Crippen LogP contribution >= 0.6 is 0 Å². The third-order valence-corrected chi connectivity index (χ3v) is 3.43. The maximum absolute atomic E-state index is 11.8. The van der Waals surface area contributed by atoms with Gasteiger partial charge in [-0.1, -0.05) is 24.3 Å². The number of benzene rings is 1. The SMILES string of the molecule is CC(=O)NCCC(=O)NC1CCCc2ccccc21. The van der Waals surface area contributed by atoms with Crippen molar-refractivity contribution in [3.8, 4) is 0 Å². The Bertz CT molecular complexity index is 471. The second-order valence-electron chi connectivity index (χ2n) is 4.94. The summed E-state index contributed by atoms with van der Waals surface area (Å²) in [6.07, 6.45) is 3.52. The Morgan fingerprint density at radius 3 is 2.89 bits per heavy atom. The van der Waals surface area contributed by atoms with E-state index in [-0.39, 0.29) is 17.9 Å². The fraction of sp³-hybridized carbons (Fsp3) is 0.467. The highest BCUT2D eigenvalue weighted by atomic mass is 16.2. The van der Waals surface area contributed by atoms with Gasteiger partial charge >= 0.3 is 0 Å². The first-order valence-electron chi connectivity index (χ1n) is 6.78. The molecule has 1 unspecified atom stereocenters. The van der Waals surface area contributed by atoms with E-state index in [0.717, 1.165) is 19.3 Å². The summed E-state index contributed by atoms with van der Waals surface area (Å²) >= 11 is 0. The lowest BCUT2D eigenvalue weighted by Crippen LogP contribution is -2.33. The van der Waals surface area contributed by atoms with E-state index in [9.17, 15) is 9.59 Å². The molecule has 0 fully saturated rings. The summed E-state index contributed by atoms with van der Waals surface area (Å²) < 4.78 is 0. The second-order valence-corrected chi connectivity index (χ2v) is 4.94. The van der Waals surface area contributed by atoms with E-state index in [0.29, 0.717) is 13.0 Å². The van der Waals surface area contributed by atoms with Gasteiger partial charge in [0, 0.05) is 19.9 Å². The van der Waals surface area contributed by atoms with Crippen molar-refractivity contribution in [1.82, 2.24) is 10.6 Å². The molecule has 1 atom stereocenters. The molecule has 2 rings (SSSR count). The molecule has 1 aromatic rings. The number of rotatable bonds is 4. The van der Waals surface area contributed by atoms with Crippen LogP contribution in [0.1, 0.15) is 43.4 Å². The van der Waals surface area contributed by atoms with E-state index < -0.39 is 0 Å². The van der Waals surface area contributed by atoms with E-state index in [4.69, 9.17) is 0 Å². The third kappa shape index (κ3) is 3.81. The highest BCUT2D eigenvalue weighted by molar-refractivity contribution is 5.78. The monoisotopic (exact) mass is 260 g/mol. The highest BCUT2D eigenvalue weighted by Gasteiger charge is 2.20. The maximum Gasteiger partial charge on any atom is 0.222 e. The van der Waals surface area contributed by atoms with Crippen molar-refractivity contribution in [2.45, 2.75) is 38.6 Å². The van der Waals surface area contributed by atoms with Gasteiger partial charge in [0.05, 0.1) is 6.04 Å². The molecule has 0 radical (unpaired) electrons. The molecule has 0 heterocycles. The van der Waals surface area contributed by atoms with Crippen LogP contribution in [0.5, 0.6) is 0 Å². The van der Waals surface area contributed by atoms with Gasteiger partial charge in [0.15, 0.2) is 0 Å². The molecule has 0 spiro atoms. The third-order valence-electron chi connectivity index (χ3n) is 3.43. The first-order valence-corrected chi connectivity index (χ1v) is 6.78. The number of hydrogen-bond donors (Lipinski definition) is 2. The lowest BCUT2D eigenvalue weighted by atomic mass is 9.88. The van der Waals surface area contributed by atoms with Gasteiger partial charge in [0.2, 0.25) is 11.8 Å². The van der Waals surface area contributed by atoms with Crippen LogP contribution in [-0.4, -0.2) is 18.4 Å². The van der Waals surface area contributed by atoms with Gasteiger partial charge < -0.3 is 10.6 Å². The first-order chi connectivity index (χ1) is 9.16. The summed E-state index contributed by atoms with van der Waals surface area (Å²) in [6.45, 7) is 1.85. The average Bonchev–Trinajstić information content (AvgIpc) is 2.39. The molecule has 0 saturated carbocycles. The summed E-state index contributed by atoms with van der Waals surface area (Å²) in [5.74, 6) is -0.105. The van der Waals surface area contributed by atoms with Crippen molar-refractivity contribution in [1.29, 1.82) is 0 Å². The number of carbonyl (C=O) groups excluding carboxylic acids is 2. The summed E-state index contributed by atoms with van der Waals surface area (Å²) in [7, 11) is 0. The molecule has 1 aliphatic carbocycles. The molecule has 0 saturated heterocycles. The smallest absolute Gasteiger partial charge is 0.222 e. The molecule has 0 aromatic heterocycles. The molecule has 19 heavy (non-hydrogen) atoms. The molecule has 1 aromatic carbocycles. The fourth-order valence-corrected chi connectivity index (χ4v) is 2.52. The number of fused-ring (bicyclic) bond motifs is 1. The average molecular weight is 260 g/mol.